The molecule has 7 heteroatoms. The van der Waals surface area contributed by atoms with Gasteiger partial charge in [0.1, 0.15) is 0 Å². The van der Waals surface area contributed by atoms with Crippen LogP contribution in [-0.4, -0.2) is 28.2 Å². The number of aryl methyl sites for hydroxylation is 2. The van der Waals surface area contributed by atoms with Crippen LogP contribution >= 0.6 is 0 Å². The van der Waals surface area contributed by atoms with Gasteiger partial charge in [0.15, 0.2) is 0 Å². The van der Waals surface area contributed by atoms with E-state index in [0.717, 1.165) is 0 Å². The number of methoxy groups -OCH3 is 1. The fourth-order valence-electron chi connectivity index (χ4n) is 2.26. The number of nitrogen functional groups attached to an aromatic ring is 1. The first-order valence-electron chi connectivity index (χ1n) is 6.82. The normalized spacial score (nSPS) is 13.5. The third kappa shape index (κ3) is 4.41. The topological polar surface area (TPSA) is 93.4 Å². The molecular formula is C14H25N3O3S. The summed E-state index contributed by atoms with van der Waals surface area (Å²) in [5, 5.41) is 0. The third-order valence-electron chi connectivity index (χ3n) is 3.35. The molecule has 0 amide bonds. The molecule has 1 aromatic rings. The Morgan fingerprint density at radius 1 is 1.24 bits per heavy atom. The number of hydrogen-bond acceptors (Lipinski definition) is 5. The Morgan fingerprint density at radius 3 is 2.14 bits per heavy atom. The average Bonchev–Trinajstić information content (AvgIpc) is 2.36. The van der Waals surface area contributed by atoms with Gasteiger partial charge in [-0.1, -0.05) is 13.8 Å². The first kappa shape index (κ1) is 17.9. The molecule has 0 fully saturated rings. The van der Waals surface area contributed by atoms with Crippen molar-refractivity contribution >= 4 is 15.7 Å². The number of rotatable bonds is 7. The second-order valence-electron chi connectivity index (χ2n) is 5.51. The summed E-state index contributed by atoms with van der Waals surface area (Å²) < 4.78 is 33.1. The summed E-state index contributed by atoms with van der Waals surface area (Å²) in [6, 6.07) is 3.15. The van der Waals surface area contributed by atoms with Crippen molar-refractivity contribution in [2.24, 2.45) is 11.8 Å². The van der Waals surface area contributed by atoms with Gasteiger partial charge in [0.2, 0.25) is 10.0 Å². The lowest BCUT2D eigenvalue weighted by Crippen LogP contribution is -2.42. The van der Waals surface area contributed by atoms with Gasteiger partial charge in [-0.25, -0.2) is 13.1 Å². The predicted molar refractivity (Wildman–Crippen MR) is 84.5 cm³/mol. The minimum absolute atomic E-state index is 0.130. The van der Waals surface area contributed by atoms with Crippen molar-refractivity contribution in [1.82, 2.24) is 4.72 Å². The third-order valence-corrected chi connectivity index (χ3v) is 5.15. The highest BCUT2D eigenvalue weighted by atomic mass is 32.2. The van der Waals surface area contributed by atoms with Crippen molar-refractivity contribution in [3.8, 4) is 0 Å². The van der Waals surface area contributed by atoms with Crippen LogP contribution in [0.1, 0.15) is 25.0 Å². The van der Waals surface area contributed by atoms with Gasteiger partial charge in [-0.15, -0.1) is 0 Å². The van der Waals surface area contributed by atoms with Crippen LogP contribution < -0.4 is 16.0 Å². The fraction of sp³-hybridized carbons (Fsp3) is 0.571. The molecule has 0 bridgehead atoms. The van der Waals surface area contributed by atoms with E-state index in [1.807, 2.05) is 13.8 Å². The predicted octanol–water partition coefficient (Wildman–Crippen LogP) is 1.54. The Kier molecular flexibility index (Phi) is 6.15. The molecule has 0 aromatic heterocycles. The van der Waals surface area contributed by atoms with Gasteiger partial charge < -0.3 is 10.2 Å². The van der Waals surface area contributed by atoms with Crippen molar-refractivity contribution in [3.63, 3.8) is 0 Å². The largest absolute Gasteiger partial charge is 0.383 e. The lowest BCUT2D eigenvalue weighted by molar-refractivity contribution is 0.157. The lowest BCUT2D eigenvalue weighted by atomic mass is 10.1. The Bertz CT molecular complexity index is 562. The molecule has 6 nitrogen and oxygen atoms in total. The molecule has 0 spiro atoms. The molecule has 1 rings (SSSR count). The van der Waals surface area contributed by atoms with Gasteiger partial charge in [0.05, 0.1) is 11.5 Å². The van der Waals surface area contributed by atoms with Crippen LogP contribution in [0.4, 0.5) is 5.69 Å². The number of hydrogen-bond donors (Lipinski definition) is 3. The highest BCUT2D eigenvalue weighted by Gasteiger charge is 2.25. The molecular weight excluding hydrogens is 290 g/mol. The smallest absolute Gasteiger partial charge is 0.241 e. The molecule has 4 N–H and O–H groups in total. The number of hydrazine groups is 1. The van der Waals surface area contributed by atoms with Gasteiger partial charge in [-0.2, -0.15) is 0 Å². The number of sulfonamides is 1. The molecule has 0 aliphatic rings. The molecule has 1 atom stereocenters. The van der Waals surface area contributed by atoms with Gasteiger partial charge in [0, 0.05) is 18.8 Å². The van der Waals surface area contributed by atoms with Crippen molar-refractivity contribution in [1.29, 1.82) is 0 Å². The molecule has 1 unspecified atom stereocenters. The van der Waals surface area contributed by atoms with Crippen molar-refractivity contribution in [2.45, 2.75) is 38.6 Å². The maximum absolute atomic E-state index is 12.6. The standard InChI is InChI=1S/C14H25N3O3S/c1-9(2)13(8-20-5)17-21(18,19)14-10(3)6-12(16-15)7-11(14)4/h6-7,9,13,16-17H,8,15H2,1-5H3. The summed E-state index contributed by atoms with van der Waals surface area (Å²) in [5.74, 6) is 5.51. The first-order valence-corrected chi connectivity index (χ1v) is 8.30. The summed E-state index contributed by atoms with van der Waals surface area (Å²) in [7, 11) is -2.05. The SMILES string of the molecule is COCC(NS(=O)(=O)c1c(C)cc(NN)cc1C)C(C)C. The van der Waals surface area contributed by atoms with Crippen LogP contribution in [-0.2, 0) is 14.8 Å². The van der Waals surface area contributed by atoms with E-state index in [2.05, 4.69) is 10.1 Å². The second-order valence-corrected chi connectivity index (χ2v) is 7.16. The van der Waals surface area contributed by atoms with Gasteiger partial charge >= 0.3 is 0 Å². The Labute approximate surface area is 127 Å². The molecule has 120 valence electrons. The summed E-state index contributed by atoms with van der Waals surface area (Å²) in [6.07, 6.45) is 0. The maximum atomic E-state index is 12.6. The first-order chi connectivity index (χ1) is 9.72. The zero-order valence-electron chi connectivity index (χ0n) is 13.2. The Balaban J connectivity index is 3.19. The van der Waals surface area contributed by atoms with Crippen molar-refractivity contribution in [3.05, 3.63) is 23.3 Å². The molecule has 21 heavy (non-hydrogen) atoms. The van der Waals surface area contributed by atoms with E-state index in [1.54, 1.807) is 33.1 Å². The van der Waals surface area contributed by atoms with E-state index in [9.17, 15) is 8.42 Å². The summed E-state index contributed by atoms with van der Waals surface area (Å²) in [4.78, 5) is 0.295. The van der Waals surface area contributed by atoms with E-state index < -0.39 is 10.0 Å². The monoisotopic (exact) mass is 315 g/mol. The van der Waals surface area contributed by atoms with Crippen molar-refractivity contribution in [2.75, 3.05) is 19.1 Å². The summed E-state index contributed by atoms with van der Waals surface area (Å²) in [5.41, 5.74) is 4.51. The van der Waals surface area contributed by atoms with E-state index >= 15 is 0 Å². The van der Waals surface area contributed by atoms with Gasteiger partial charge in [-0.3, -0.25) is 5.84 Å². The van der Waals surface area contributed by atoms with Crippen LogP contribution in [0.2, 0.25) is 0 Å². The minimum Gasteiger partial charge on any atom is -0.383 e. The van der Waals surface area contributed by atoms with Crippen molar-refractivity contribution < 1.29 is 13.2 Å². The molecule has 1 aromatic carbocycles. The van der Waals surface area contributed by atoms with Crippen LogP contribution in [0, 0.1) is 19.8 Å². The van der Waals surface area contributed by atoms with E-state index in [0.29, 0.717) is 28.3 Å². The zero-order chi connectivity index (χ0) is 16.2. The highest BCUT2D eigenvalue weighted by molar-refractivity contribution is 7.89. The van der Waals surface area contributed by atoms with Gasteiger partial charge in [-0.05, 0) is 43.0 Å². The average molecular weight is 315 g/mol. The zero-order valence-corrected chi connectivity index (χ0v) is 14.0. The molecule has 0 aliphatic heterocycles. The van der Waals surface area contributed by atoms with Crippen LogP contribution in [0.15, 0.2) is 17.0 Å². The van der Waals surface area contributed by atoms with Gasteiger partial charge in [0.25, 0.3) is 0 Å². The maximum Gasteiger partial charge on any atom is 0.241 e. The number of nitrogens with two attached hydrogens (primary N) is 1. The number of ether oxygens (including phenoxy) is 1. The second kappa shape index (κ2) is 7.22. The minimum atomic E-state index is -3.61. The number of nitrogens with one attached hydrogen (secondary N) is 2. The quantitative estimate of drug-likeness (QED) is 0.524. The number of benzene rings is 1. The highest BCUT2D eigenvalue weighted by Crippen LogP contribution is 2.24. The van der Waals surface area contributed by atoms with Crippen LogP contribution in [0.25, 0.3) is 0 Å². The fourth-order valence-corrected chi connectivity index (χ4v) is 4.08. The lowest BCUT2D eigenvalue weighted by Gasteiger charge is -2.23. The van der Waals surface area contributed by atoms with Crippen LogP contribution in [0.5, 0.6) is 0 Å². The molecule has 0 aliphatic carbocycles. The molecule has 0 radical (unpaired) electrons. The molecule has 0 saturated carbocycles. The van der Waals surface area contributed by atoms with E-state index in [-0.39, 0.29) is 12.0 Å². The number of anilines is 1. The van der Waals surface area contributed by atoms with E-state index in [4.69, 9.17) is 10.6 Å². The molecule has 0 heterocycles. The summed E-state index contributed by atoms with van der Waals surface area (Å²) >= 11 is 0. The van der Waals surface area contributed by atoms with E-state index in [1.165, 1.54) is 0 Å². The Hall–Kier alpha value is -1.15. The van der Waals surface area contributed by atoms with Crippen LogP contribution in [0.3, 0.4) is 0 Å². The Morgan fingerprint density at radius 2 is 1.76 bits per heavy atom. The molecule has 0 saturated heterocycles. The summed E-state index contributed by atoms with van der Waals surface area (Å²) in [6.45, 7) is 7.74.